The second kappa shape index (κ2) is 9.93. The molecule has 0 bridgehead atoms. The predicted octanol–water partition coefficient (Wildman–Crippen LogP) is 4.38. The predicted molar refractivity (Wildman–Crippen MR) is 130 cm³/mol. The number of nitrogens with one attached hydrogen (secondary N) is 1. The molecule has 0 radical (unpaired) electrons. The molecule has 1 amide bonds. The molecule has 3 aromatic rings. The highest BCUT2D eigenvalue weighted by Crippen LogP contribution is 2.25. The van der Waals surface area contributed by atoms with Crippen molar-refractivity contribution in [2.75, 3.05) is 26.2 Å². The number of carbonyl (C=O) groups excluding carboxylic acids is 1. The molecule has 0 unspecified atom stereocenters. The Morgan fingerprint density at radius 1 is 1.03 bits per heavy atom. The summed E-state index contributed by atoms with van der Waals surface area (Å²) in [4.78, 5) is 12.9. The van der Waals surface area contributed by atoms with Crippen LogP contribution in [-0.2, 0) is 10.0 Å². The molecule has 1 fully saturated rings. The summed E-state index contributed by atoms with van der Waals surface area (Å²) in [7, 11) is -3.61. The second-order valence-corrected chi connectivity index (χ2v) is 10.6. The van der Waals surface area contributed by atoms with E-state index >= 15 is 0 Å². The maximum atomic E-state index is 13.1. The summed E-state index contributed by atoms with van der Waals surface area (Å²) in [6, 6.07) is 18.7. The first-order valence-electron chi connectivity index (χ1n) is 11.4. The van der Waals surface area contributed by atoms with E-state index in [0.717, 1.165) is 34.9 Å². The average Bonchev–Trinajstić information content (AvgIpc) is 2.82. The number of piperidine rings is 1. The van der Waals surface area contributed by atoms with E-state index in [4.69, 9.17) is 4.74 Å². The third-order valence-corrected chi connectivity index (χ3v) is 8.11. The van der Waals surface area contributed by atoms with Crippen molar-refractivity contribution < 1.29 is 17.9 Å². The summed E-state index contributed by atoms with van der Waals surface area (Å²) in [5.74, 6) is 0.967. The Labute approximate surface area is 195 Å². The number of carbonyl (C=O) groups is 1. The fourth-order valence-corrected chi connectivity index (χ4v) is 5.56. The topological polar surface area (TPSA) is 75.7 Å². The van der Waals surface area contributed by atoms with Crippen LogP contribution in [-0.4, -0.2) is 44.9 Å². The molecule has 6 nitrogen and oxygen atoms in total. The number of aryl methyl sites for hydroxylation is 1. The molecule has 1 aliphatic heterocycles. The maximum Gasteiger partial charge on any atom is 0.251 e. The van der Waals surface area contributed by atoms with Gasteiger partial charge in [0.05, 0.1) is 11.4 Å². The third-order valence-electron chi connectivity index (χ3n) is 6.21. The van der Waals surface area contributed by atoms with E-state index in [-0.39, 0.29) is 10.8 Å². The van der Waals surface area contributed by atoms with Crippen LogP contribution in [0.5, 0.6) is 5.75 Å². The van der Waals surface area contributed by atoms with Gasteiger partial charge >= 0.3 is 0 Å². The Morgan fingerprint density at radius 2 is 1.76 bits per heavy atom. The van der Waals surface area contributed by atoms with E-state index < -0.39 is 10.0 Å². The number of hydrogen-bond acceptors (Lipinski definition) is 4. The van der Waals surface area contributed by atoms with Crippen LogP contribution in [0, 0.1) is 12.8 Å². The minimum absolute atomic E-state index is 0.167. The molecule has 1 N–H and O–H groups in total. The van der Waals surface area contributed by atoms with Gasteiger partial charge in [-0.2, -0.15) is 4.31 Å². The van der Waals surface area contributed by atoms with Gasteiger partial charge in [-0.15, -0.1) is 0 Å². The molecule has 0 atom stereocenters. The molecule has 1 aliphatic rings. The van der Waals surface area contributed by atoms with Gasteiger partial charge in [0, 0.05) is 18.7 Å². The summed E-state index contributed by atoms with van der Waals surface area (Å²) < 4.78 is 33.4. The molecule has 4 rings (SSSR count). The van der Waals surface area contributed by atoms with Gasteiger partial charge in [-0.3, -0.25) is 4.79 Å². The molecule has 0 spiro atoms. The SMILES string of the molecule is Cc1ccc(S(=O)(=O)N2CCC(C)CC2)cc1C(=O)NCCOc1ccc2ccccc2c1. The second-order valence-electron chi connectivity index (χ2n) is 8.68. The van der Waals surface area contributed by atoms with Crippen molar-refractivity contribution >= 4 is 26.7 Å². The minimum Gasteiger partial charge on any atom is -0.492 e. The van der Waals surface area contributed by atoms with Crippen molar-refractivity contribution in [1.29, 1.82) is 0 Å². The first kappa shape index (κ1) is 23.3. The number of amides is 1. The van der Waals surface area contributed by atoms with Crippen LogP contribution in [0.1, 0.15) is 35.7 Å². The van der Waals surface area contributed by atoms with Crippen LogP contribution in [0.15, 0.2) is 65.6 Å². The van der Waals surface area contributed by atoms with Gasteiger partial charge in [0.1, 0.15) is 12.4 Å². The zero-order valence-corrected chi connectivity index (χ0v) is 19.9. The maximum absolute atomic E-state index is 13.1. The van der Waals surface area contributed by atoms with E-state index in [1.165, 1.54) is 10.4 Å². The molecule has 1 heterocycles. The van der Waals surface area contributed by atoms with Crippen molar-refractivity contribution in [2.24, 2.45) is 5.92 Å². The lowest BCUT2D eigenvalue weighted by atomic mass is 10.0. The molecule has 174 valence electrons. The van der Waals surface area contributed by atoms with E-state index in [9.17, 15) is 13.2 Å². The molecule has 7 heteroatoms. The first-order chi connectivity index (χ1) is 15.8. The number of benzene rings is 3. The Balaban J connectivity index is 1.37. The normalized spacial score (nSPS) is 15.5. The van der Waals surface area contributed by atoms with Crippen LogP contribution in [0.25, 0.3) is 10.8 Å². The molecule has 0 aromatic heterocycles. The summed E-state index contributed by atoms with van der Waals surface area (Å²) in [5, 5.41) is 5.07. The average molecular weight is 467 g/mol. The van der Waals surface area contributed by atoms with E-state index in [0.29, 0.717) is 37.7 Å². The molecule has 1 saturated heterocycles. The standard InChI is InChI=1S/C26H30N2O4S/c1-19-11-14-28(15-12-19)33(30,31)24-10-7-20(2)25(18-24)26(29)27-13-16-32-23-9-8-21-5-3-4-6-22(21)17-23/h3-10,17-19H,11-16H2,1-2H3,(H,27,29). The lowest BCUT2D eigenvalue weighted by molar-refractivity contribution is 0.0946. The fourth-order valence-electron chi connectivity index (χ4n) is 4.07. The van der Waals surface area contributed by atoms with Gasteiger partial charge in [0.15, 0.2) is 0 Å². The largest absolute Gasteiger partial charge is 0.492 e. The first-order valence-corrected chi connectivity index (χ1v) is 12.8. The fraction of sp³-hybridized carbons (Fsp3) is 0.346. The number of ether oxygens (including phenoxy) is 1. The Hall–Kier alpha value is -2.90. The Bertz CT molecular complexity index is 1250. The highest BCUT2D eigenvalue weighted by Gasteiger charge is 2.28. The van der Waals surface area contributed by atoms with E-state index in [2.05, 4.69) is 12.2 Å². The third kappa shape index (κ3) is 5.37. The molecule has 3 aromatic carbocycles. The highest BCUT2D eigenvalue weighted by atomic mass is 32.2. The monoisotopic (exact) mass is 466 g/mol. The summed E-state index contributed by atoms with van der Waals surface area (Å²) in [6.07, 6.45) is 1.71. The lowest BCUT2D eigenvalue weighted by Gasteiger charge is -2.29. The zero-order chi connectivity index (χ0) is 23.4. The van der Waals surface area contributed by atoms with E-state index in [1.54, 1.807) is 19.1 Å². The molecule has 0 saturated carbocycles. The van der Waals surface area contributed by atoms with Gasteiger partial charge in [-0.05, 0) is 66.3 Å². The lowest BCUT2D eigenvalue weighted by Crippen LogP contribution is -2.38. The van der Waals surface area contributed by atoms with Crippen LogP contribution in [0.2, 0.25) is 0 Å². The van der Waals surface area contributed by atoms with Crippen molar-refractivity contribution in [3.05, 3.63) is 71.8 Å². The molecule has 0 aliphatic carbocycles. The Morgan fingerprint density at radius 3 is 2.52 bits per heavy atom. The zero-order valence-electron chi connectivity index (χ0n) is 19.1. The van der Waals surface area contributed by atoms with Crippen molar-refractivity contribution in [3.63, 3.8) is 0 Å². The van der Waals surface area contributed by atoms with Gasteiger partial charge in [0.2, 0.25) is 10.0 Å². The van der Waals surface area contributed by atoms with Gasteiger partial charge in [-0.1, -0.05) is 43.3 Å². The number of sulfonamides is 1. The van der Waals surface area contributed by atoms with Crippen molar-refractivity contribution in [2.45, 2.75) is 31.6 Å². The van der Waals surface area contributed by atoms with E-state index in [1.807, 2.05) is 42.5 Å². The van der Waals surface area contributed by atoms with Crippen molar-refractivity contribution in [1.82, 2.24) is 9.62 Å². The molecule has 33 heavy (non-hydrogen) atoms. The smallest absolute Gasteiger partial charge is 0.251 e. The number of fused-ring (bicyclic) bond motifs is 1. The van der Waals surface area contributed by atoms with Gasteiger partial charge in [-0.25, -0.2) is 8.42 Å². The van der Waals surface area contributed by atoms with Gasteiger partial charge < -0.3 is 10.1 Å². The highest BCUT2D eigenvalue weighted by molar-refractivity contribution is 7.89. The molecular formula is C26H30N2O4S. The van der Waals surface area contributed by atoms with Crippen LogP contribution in [0.4, 0.5) is 0 Å². The number of hydrogen-bond donors (Lipinski definition) is 1. The van der Waals surface area contributed by atoms with Crippen LogP contribution < -0.4 is 10.1 Å². The number of nitrogens with zero attached hydrogens (tertiary/aromatic N) is 1. The summed E-state index contributed by atoms with van der Waals surface area (Å²) in [5.41, 5.74) is 1.10. The quantitative estimate of drug-likeness (QED) is 0.525. The summed E-state index contributed by atoms with van der Waals surface area (Å²) in [6.45, 7) is 5.61. The van der Waals surface area contributed by atoms with Gasteiger partial charge in [0.25, 0.3) is 5.91 Å². The van der Waals surface area contributed by atoms with Crippen LogP contribution >= 0.6 is 0 Å². The van der Waals surface area contributed by atoms with Crippen molar-refractivity contribution in [3.8, 4) is 5.75 Å². The minimum atomic E-state index is -3.61. The van der Waals surface area contributed by atoms with Crippen LogP contribution in [0.3, 0.4) is 0 Å². The molecular weight excluding hydrogens is 436 g/mol. The number of rotatable bonds is 7. The Kier molecular flexibility index (Phi) is 7.00. The summed E-state index contributed by atoms with van der Waals surface area (Å²) >= 11 is 0.